The van der Waals surface area contributed by atoms with Crippen molar-refractivity contribution in [2.24, 2.45) is 0 Å². The SMILES string of the molecule is C[Si](C)(C)c1c(F)cc(NC(=O)[C@H]2c3ccc(COC(F)F)cc3CCN2C(=O)CCCC(=O)O)cc1F. The Morgan fingerprint density at radius 2 is 1.76 bits per heavy atom. The van der Waals surface area contributed by atoms with Crippen LogP contribution in [0.2, 0.25) is 19.6 Å². The smallest absolute Gasteiger partial charge is 0.345 e. The number of carbonyl (C=O) groups excluding carboxylic acids is 2. The average Bonchev–Trinajstić information content (AvgIpc) is 2.80. The molecule has 0 aromatic heterocycles. The average molecular weight is 555 g/mol. The van der Waals surface area contributed by atoms with Crippen LogP contribution >= 0.6 is 0 Å². The maximum absolute atomic E-state index is 14.8. The fourth-order valence-corrected chi connectivity index (χ4v) is 6.16. The number of alkyl halides is 2. The molecule has 1 aliphatic rings. The molecular weight excluding hydrogens is 524 g/mol. The summed E-state index contributed by atoms with van der Waals surface area (Å²) in [7, 11) is -2.35. The van der Waals surface area contributed by atoms with E-state index in [1.165, 1.54) is 17.0 Å². The Balaban J connectivity index is 1.93. The van der Waals surface area contributed by atoms with Gasteiger partial charge in [0.15, 0.2) is 0 Å². The van der Waals surface area contributed by atoms with Crippen LogP contribution in [0.4, 0.5) is 23.2 Å². The Labute approximate surface area is 218 Å². The molecule has 38 heavy (non-hydrogen) atoms. The first-order valence-electron chi connectivity index (χ1n) is 12.1. The third kappa shape index (κ3) is 7.19. The Bertz CT molecular complexity index is 1200. The highest BCUT2D eigenvalue weighted by atomic mass is 28.3. The van der Waals surface area contributed by atoms with Gasteiger partial charge < -0.3 is 20.1 Å². The normalized spacial score (nSPS) is 15.4. The van der Waals surface area contributed by atoms with Crippen LogP contribution in [0.1, 0.15) is 42.0 Å². The molecule has 0 saturated heterocycles. The molecule has 1 heterocycles. The summed E-state index contributed by atoms with van der Waals surface area (Å²) in [6.07, 6.45) is 0.0627. The van der Waals surface area contributed by atoms with Crippen LogP contribution in [0.5, 0.6) is 0 Å². The summed E-state index contributed by atoms with van der Waals surface area (Å²) in [4.78, 5) is 38.6. The van der Waals surface area contributed by atoms with E-state index in [1.807, 2.05) is 0 Å². The predicted molar refractivity (Wildman–Crippen MR) is 135 cm³/mol. The zero-order chi connectivity index (χ0) is 28.2. The van der Waals surface area contributed by atoms with Gasteiger partial charge in [-0.05, 0) is 41.7 Å². The molecule has 0 fully saturated rings. The third-order valence-electron chi connectivity index (χ3n) is 6.22. The van der Waals surface area contributed by atoms with Crippen molar-refractivity contribution < 1.29 is 41.8 Å². The number of carboxylic acid groups (broad SMARTS) is 1. The number of nitrogens with zero attached hydrogens (tertiary/aromatic N) is 1. The highest BCUT2D eigenvalue weighted by Crippen LogP contribution is 2.33. The highest BCUT2D eigenvalue weighted by molar-refractivity contribution is 6.88. The van der Waals surface area contributed by atoms with Gasteiger partial charge in [0, 0.05) is 30.3 Å². The van der Waals surface area contributed by atoms with Crippen molar-refractivity contribution in [1.29, 1.82) is 0 Å². The first-order chi connectivity index (χ1) is 17.8. The zero-order valence-electron chi connectivity index (χ0n) is 21.3. The fourth-order valence-electron chi connectivity index (χ4n) is 4.59. The maximum Gasteiger partial charge on any atom is 0.345 e. The first kappa shape index (κ1) is 29.3. The van der Waals surface area contributed by atoms with E-state index in [1.54, 1.807) is 25.7 Å². The Morgan fingerprint density at radius 1 is 1.11 bits per heavy atom. The Hall–Kier alpha value is -3.25. The van der Waals surface area contributed by atoms with Gasteiger partial charge in [-0.25, -0.2) is 8.78 Å². The van der Waals surface area contributed by atoms with Crippen LogP contribution in [0.3, 0.4) is 0 Å². The van der Waals surface area contributed by atoms with Gasteiger partial charge in [-0.2, -0.15) is 8.78 Å². The third-order valence-corrected chi connectivity index (χ3v) is 8.20. The van der Waals surface area contributed by atoms with Crippen LogP contribution in [0.15, 0.2) is 30.3 Å². The number of aliphatic carboxylic acids is 1. The fraction of sp³-hybridized carbons (Fsp3) is 0.423. The van der Waals surface area contributed by atoms with Crippen molar-refractivity contribution in [3.8, 4) is 0 Å². The lowest BCUT2D eigenvalue weighted by atomic mass is 9.90. The summed E-state index contributed by atoms with van der Waals surface area (Å²) < 4.78 is 58.9. The molecule has 0 saturated carbocycles. The van der Waals surface area contributed by atoms with Gasteiger partial charge >= 0.3 is 12.6 Å². The number of benzene rings is 2. The van der Waals surface area contributed by atoms with E-state index < -0.39 is 50.1 Å². The highest BCUT2D eigenvalue weighted by Gasteiger charge is 2.36. The second kappa shape index (κ2) is 12.1. The number of fused-ring (bicyclic) bond motifs is 1. The summed E-state index contributed by atoms with van der Waals surface area (Å²) in [6.45, 7) is 2.19. The van der Waals surface area contributed by atoms with E-state index in [-0.39, 0.29) is 43.3 Å². The first-order valence-corrected chi connectivity index (χ1v) is 15.6. The molecule has 0 spiro atoms. The molecule has 1 atom stereocenters. The van der Waals surface area contributed by atoms with E-state index in [0.29, 0.717) is 23.1 Å². The van der Waals surface area contributed by atoms with Crippen molar-refractivity contribution in [2.75, 3.05) is 11.9 Å². The topological polar surface area (TPSA) is 95.9 Å². The number of carboxylic acids is 1. The number of hydrogen-bond acceptors (Lipinski definition) is 4. The number of anilines is 1. The minimum absolute atomic E-state index is 0.00675. The van der Waals surface area contributed by atoms with E-state index in [9.17, 15) is 31.9 Å². The molecule has 7 nitrogen and oxygen atoms in total. The van der Waals surface area contributed by atoms with Gasteiger partial charge in [0.05, 0.1) is 14.7 Å². The standard InChI is InChI=1S/C26H30F4N2O5Si/c1-38(2,3)24-19(27)12-17(13-20(24)28)31-25(36)23-18-8-7-15(14-37-26(29)30)11-16(18)9-10-32(23)21(33)5-4-6-22(34)35/h7-8,11-13,23,26H,4-6,9-10,14H2,1-3H3,(H,31,36)(H,34,35)/t23-/m1/s1. The van der Waals surface area contributed by atoms with E-state index in [4.69, 9.17) is 5.11 Å². The van der Waals surface area contributed by atoms with Gasteiger partial charge in [-0.15, -0.1) is 0 Å². The molecule has 3 rings (SSSR count). The van der Waals surface area contributed by atoms with Gasteiger partial charge in [-0.3, -0.25) is 14.4 Å². The molecule has 1 aliphatic heterocycles. The lowest BCUT2D eigenvalue weighted by Gasteiger charge is -2.37. The molecule has 0 bridgehead atoms. The molecule has 206 valence electrons. The second-order valence-electron chi connectivity index (χ2n) is 10.1. The molecule has 12 heteroatoms. The van der Waals surface area contributed by atoms with Crippen LogP contribution in [-0.2, 0) is 32.1 Å². The molecular formula is C26H30F4N2O5Si. The van der Waals surface area contributed by atoms with Crippen LogP contribution < -0.4 is 10.5 Å². The van der Waals surface area contributed by atoms with Gasteiger partial charge in [0.2, 0.25) is 5.91 Å². The molecule has 0 aliphatic carbocycles. The molecule has 2 aromatic carbocycles. The number of halogens is 4. The summed E-state index contributed by atoms with van der Waals surface area (Å²) >= 11 is 0. The molecule has 2 aromatic rings. The Morgan fingerprint density at radius 3 is 2.34 bits per heavy atom. The van der Waals surface area contributed by atoms with E-state index in [0.717, 1.165) is 12.1 Å². The molecule has 2 amide bonds. The Kier molecular flexibility index (Phi) is 9.31. The van der Waals surface area contributed by atoms with Crippen molar-refractivity contribution in [3.05, 3.63) is 58.7 Å². The lowest BCUT2D eigenvalue weighted by Crippen LogP contribution is -2.45. The van der Waals surface area contributed by atoms with Gasteiger partial charge in [-0.1, -0.05) is 37.8 Å². The number of hydrogen-bond donors (Lipinski definition) is 2. The van der Waals surface area contributed by atoms with Crippen molar-refractivity contribution in [3.63, 3.8) is 0 Å². The minimum atomic E-state index is -2.95. The largest absolute Gasteiger partial charge is 0.481 e. The molecule has 0 unspecified atom stereocenters. The number of rotatable bonds is 10. The molecule has 2 N–H and O–H groups in total. The lowest BCUT2D eigenvalue weighted by molar-refractivity contribution is -0.140. The van der Waals surface area contributed by atoms with Gasteiger partial charge in [0.1, 0.15) is 17.7 Å². The number of nitrogens with one attached hydrogen (secondary N) is 1. The maximum atomic E-state index is 14.8. The van der Waals surface area contributed by atoms with Crippen molar-refractivity contribution in [2.45, 2.75) is 64.6 Å². The van der Waals surface area contributed by atoms with E-state index in [2.05, 4.69) is 10.1 Å². The monoisotopic (exact) mass is 554 g/mol. The van der Waals surface area contributed by atoms with Crippen LogP contribution in [0, 0.1) is 11.6 Å². The summed E-state index contributed by atoms with van der Waals surface area (Å²) in [5.41, 5.74) is 1.41. The van der Waals surface area contributed by atoms with Crippen molar-refractivity contribution in [1.82, 2.24) is 4.90 Å². The summed E-state index contributed by atoms with van der Waals surface area (Å²) in [5, 5.41) is 11.4. The van der Waals surface area contributed by atoms with Gasteiger partial charge in [0.25, 0.3) is 5.91 Å². The zero-order valence-corrected chi connectivity index (χ0v) is 22.3. The summed E-state index contributed by atoms with van der Waals surface area (Å²) in [5.74, 6) is -3.76. The number of amides is 2. The molecule has 0 radical (unpaired) electrons. The van der Waals surface area contributed by atoms with Crippen LogP contribution in [0.25, 0.3) is 0 Å². The number of carbonyl (C=O) groups is 3. The minimum Gasteiger partial charge on any atom is -0.481 e. The van der Waals surface area contributed by atoms with Crippen molar-refractivity contribution >= 4 is 36.7 Å². The number of ether oxygens (including phenoxy) is 1. The van der Waals surface area contributed by atoms with Crippen LogP contribution in [-0.4, -0.2) is 49.0 Å². The second-order valence-corrected chi connectivity index (χ2v) is 15.1. The summed E-state index contributed by atoms with van der Waals surface area (Å²) in [6, 6.07) is 5.57. The quantitative estimate of drug-likeness (QED) is 0.332. The predicted octanol–water partition coefficient (Wildman–Crippen LogP) is 4.57. The van der Waals surface area contributed by atoms with E-state index >= 15 is 0 Å².